The van der Waals surface area contributed by atoms with E-state index in [2.05, 4.69) is 0 Å². The van der Waals surface area contributed by atoms with Gasteiger partial charge in [0.15, 0.2) is 5.67 Å². The number of hydrogen-bond donors (Lipinski definition) is 8. The minimum atomic E-state index is -4.97. The molecule has 0 bridgehead atoms. The van der Waals surface area contributed by atoms with Gasteiger partial charge in [0.25, 0.3) is 6.43 Å². The zero-order chi connectivity index (χ0) is 40.3. The summed E-state index contributed by atoms with van der Waals surface area (Å²) in [4.78, 5) is 26.8. The molecular formula is C31H41F7N4O10. The number of rotatable bonds is 7. The maximum absolute atomic E-state index is 14.8. The highest BCUT2D eigenvalue weighted by Gasteiger charge is 2.79. The first-order chi connectivity index (χ1) is 23.3. The first-order valence-electron chi connectivity index (χ1n) is 15.5. The minimum absolute atomic E-state index is 0.0990. The highest BCUT2D eigenvalue weighted by atomic mass is 19.4. The first-order valence-corrected chi connectivity index (χ1v) is 15.5. The van der Waals surface area contributed by atoms with Gasteiger partial charge >= 0.3 is 35.9 Å². The monoisotopic (exact) mass is 762 g/mol. The molecule has 3 amide bonds. The van der Waals surface area contributed by atoms with E-state index in [1.807, 2.05) is 0 Å². The molecule has 294 valence electrons. The number of benzene rings is 1. The second kappa shape index (κ2) is 14.1. The number of alkyl halides is 6. The quantitative estimate of drug-likeness (QED) is 0.113. The summed E-state index contributed by atoms with van der Waals surface area (Å²) in [6, 6.07) is -2.64. The van der Waals surface area contributed by atoms with Crippen LogP contribution in [0.2, 0.25) is 0 Å². The maximum Gasteiger partial charge on any atom is 0.412 e. The van der Waals surface area contributed by atoms with Crippen LogP contribution in [0, 0.1) is 12.7 Å². The van der Waals surface area contributed by atoms with Gasteiger partial charge in [-0.15, -0.1) is 0 Å². The summed E-state index contributed by atoms with van der Waals surface area (Å²) in [7, 11) is 1.05. The van der Waals surface area contributed by atoms with E-state index in [0.29, 0.717) is 26.8 Å². The number of nitrogens with zero attached hydrogens (tertiary/aromatic N) is 4. The molecule has 0 spiro atoms. The van der Waals surface area contributed by atoms with Crippen molar-refractivity contribution in [3.05, 3.63) is 58.4 Å². The molecule has 52 heavy (non-hydrogen) atoms. The second-order valence-electron chi connectivity index (χ2n) is 13.1. The van der Waals surface area contributed by atoms with E-state index in [-0.39, 0.29) is 22.1 Å². The SMILES string of the molecule is CC(=O)N1C(O)(O)C(O)(O)N(C2CCN(C(=O)N(C)C(C)C(=CC(C)(F)C(F)F)C=C(C)C(F)(F)F)C(c3ccc(F)cc3C)C2)C(O)(O)C1(O)O. The molecule has 4 unspecified atom stereocenters. The van der Waals surface area contributed by atoms with E-state index in [1.165, 1.54) is 13.0 Å². The highest BCUT2D eigenvalue weighted by Crippen LogP contribution is 2.48. The van der Waals surface area contributed by atoms with Gasteiger partial charge in [0.2, 0.25) is 5.91 Å². The lowest BCUT2D eigenvalue weighted by Crippen LogP contribution is -2.92. The Morgan fingerprint density at radius 1 is 0.962 bits per heavy atom. The van der Waals surface area contributed by atoms with Crippen molar-refractivity contribution in [3.63, 3.8) is 0 Å². The summed E-state index contributed by atoms with van der Waals surface area (Å²) in [5, 5.41) is 86.2. The average Bonchev–Trinajstić information content (AvgIpc) is 2.97. The Balaban J connectivity index is 2.15. The summed E-state index contributed by atoms with van der Waals surface area (Å²) in [5.74, 6) is -19.7. The molecule has 0 radical (unpaired) electrons. The van der Waals surface area contributed by atoms with Crippen LogP contribution in [0.15, 0.2) is 41.5 Å². The molecule has 0 aliphatic carbocycles. The molecule has 0 aromatic heterocycles. The van der Waals surface area contributed by atoms with E-state index in [4.69, 9.17) is 0 Å². The minimum Gasteiger partial charge on any atom is -0.347 e. The standard InChI is InChI=1S/C31H41F7N4O10/c1-15-11-20(32)7-8-22(15)23-13-21(42-30(49,50)28(45,46)41(18(4)43)29(47,48)31(42,51)52)9-10-40(23)25(44)39(6)17(3)19(12-16(2)27(36,37)38)14-26(5,35)24(33)34/h7-8,11-12,14,17,21,23-24,45-52H,9-10,13H2,1-6H3. The molecule has 0 saturated carbocycles. The molecule has 8 N–H and O–H groups in total. The third-order valence-corrected chi connectivity index (χ3v) is 9.36. The maximum atomic E-state index is 14.8. The Hall–Kier alpha value is -3.41. The van der Waals surface area contributed by atoms with Gasteiger partial charge in [0, 0.05) is 32.1 Å². The first kappa shape index (κ1) is 43.0. The summed E-state index contributed by atoms with van der Waals surface area (Å²) in [6.07, 6.45) is -9.31. The van der Waals surface area contributed by atoms with Gasteiger partial charge in [-0.05, 0) is 81.5 Å². The van der Waals surface area contributed by atoms with Crippen molar-refractivity contribution in [1.82, 2.24) is 19.6 Å². The van der Waals surface area contributed by atoms with Crippen LogP contribution >= 0.6 is 0 Å². The zero-order valence-electron chi connectivity index (χ0n) is 28.6. The molecule has 2 fully saturated rings. The molecular weight excluding hydrogens is 721 g/mol. The van der Waals surface area contributed by atoms with Crippen molar-refractivity contribution in [1.29, 1.82) is 0 Å². The number of carbonyl (C=O) groups excluding carboxylic acids is 2. The predicted octanol–water partition coefficient (Wildman–Crippen LogP) is 1.23. The molecule has 4 atom stereocenters. The molecule has 2 heterocycles. The van der Waals surface area contributed by atoms with E-state index >= 15 is 0 Å². The number of carbonyl (C=O) groups is 2. The van der Waals surface area contributed by atoms with Gasteiger partial charge < -0.3 is 50.7 Å². The lowest BCUT2D eigenvalue weighted by molar-refractivity contribution is -0.604. The summed E-state index contributed by atoms with van der Waals surface area (Å²) in [5.41, 5.74) is -5.20. The molecule has 14 nitrogen and oxygen atoms in total. The number of urea groups is 1. The van der Waals surface area contributed by atoms with Crippen LogP contribution in [0.5, 0.6) is 0 Å². The number of aliphatic hydroxyl groups is 8. The van der Waals surface area contributed by atoms with Crippen LogP contribution in [0.4, 0.5) is 35.5 Å². The fraction of sp³-hybridized carbons (Fsp3) is 0.613. The molecule has 2 saturated heterocycles. The summed E-state index contributed by atoms with van der Waals surface area (Å²) >= 11 is 0. The molecule has 1 aromatic rings. The van der Waals surface area contributed by atoms with Crippen LogP contribution in [-0.4, -0.2) is 140 Å². The highest BCUT2D eigenvalue weighted by molar-refractivity contribution is 5.76. The Kier molecular flexibility index (Phi) is 11.7. The van der Waals surface area contributed by atoms with E-state index < -0.39 is 113 Å². The molecule has 3 rings (SSSR count). The van der Waals surface area contributed by atoms with Crippen molar-refractivity contribution in [2.45, 2.75) is 108 Å². The van der Waals surface area contributed by atoms with Gasteiger partial charge in [-0.25, -0.2) is 27.3 Å². The Bertz CT molecular complexity index is 1570. The number of likely N-dealkylation sites (tertiary alicyclic amines) is 1. The Labute approximate surface area is 292 Å². The Morgan fingerprint density at radius 3 is 1.92 bits per heavy atom. The summed E-state index contributed by atoms with van der Waals surface area (Å²) < 4.78 is 96.3. The Morgan fingerprint density at radius 2 is 1.48 bits per heavy atom. The number of likely N-dealkylation sites (N-methyl/N-ethyl adjacent to an activating group) is 1. The van der Waals surface area contributed by atoms with Crippen molar-refractivity contribution in [2.24, 2.45) is 0 Å². The third-order valence-electron chi connectivity index (χ3n) is 9.36. The average molecular weight is 763 g/mol. The van der Waals surface area contributed by atoms with Gasteiger partial charge in [-0.3, -0.25) is 4.79 Å². The van der Waals surface area contributed by atoms with Gasteiger partial charge in [0.05, 0.1) is 12.1 Å². The molecule has 1 aromatic carbocycles. The van der Waals surface area contributed by atoms with Crippen molar-refractivity contribution in [2.75, 3.05) is 13.6 Å². The number of aryl methyl sites for hydroxylation is 1. The summed E-state index contributed by atoms with van der Waals surface area (Å²) in [6.45, 7) is 3.42. The number of hydrogen-bond acceptors (Lipinski definition) is 11. The van der Waals surface area contributed by atoms with Gasteiger partial charge in [-0.2, -0.15) is 18.1 Å². The lowest BCUT2D eigenvalue weighted by atomic mass is 9.87. The van der Waals surface area contributed by atoms with Crippen molar-refractivity contribution in [3.8, 4) is 0 Å². The van der Waals surface area contributed by atoms with Gasteiger partial charge in [0.1, 0.15) is 5.82 Å². The molecule has 2 aliphatic rings. The van der Waals surface area contributed by atoms with Crippen LogP contribution in [0.1, 0.15) is 57.7 Å². The number of amides is 3. The smallest absolute Gasteiger partial charge is 0.347 e. The number of piperazine rings is 1. The number of piperidine rings is 1. The normalized spacial score (nSPS) is 25.5. The lowest BCUT2D eigenvalue weighted by Gasteiger charge is -2.62. The van der Waals surface area contributed by atoms with Crippen LogP contribution in [0.3, 0.4) is 0 Å². The van der Waals surface area contributed by atoms with E-state index in [0.717, 1.165) is 35.9 Å². The second-order valence-corrected chi connectivity index (χ2v) is 13.1. The fourth-order valence-corrected chi connectivity index (χ4v) is 6.32. The van der Waals surface area contributed by atoms with Crippen LogP contribution < -0.4 is 0 Å². The zero-order valence-corrected chi connectivity index (χ0v) is 28.6. The topological polar surface area (TPSA) is 209 Å². The van der Waals surface area contributed by atoms with Crippen molar-refractivity contribution < 1.29 is 81.2 Å². The molecule has 21 heteroatoms. The third kappa shape index (κ3) is 7.51. The van der Waals surface area contributed by atoms with Crippen LogP contribution in [0.25, 0.3) is 0 Å². The number of allylic oxidation sites excluding steroid dienone is 2. The fourth-order valence-electron chi connectivity index (χ4n) is 6.32. The predicted molar refractivity (Wildman–Crippen MR) is 163 cm³/mol. The van der Waals surface area contributed by atoms with Crippen molar-refractivity contribution >= 4 is 11.9 Å². The van der Waals surface area contributed by atoms with E-state index in [9.17, 15) is 81.2 Å². The number of halogens is 7. The van der Waals surface area contributed by atoms with Crippen LogP contribution in [-0.2, 0) is 4.79 Å². The molecule has 2 aliphatic heterocycles. The largest absolute Gasteiger partial charge is 0.412 e. The van der Waals surface area contributed by atoms with E-state index in [1.54, 1.807) is 0 Å². The van der Waals surface area contributed by atoms with Gasteiger partial charge in [-0.1, -0.05) is 6.07 Å².